The van der Waals surface area contributed by atoms with Gasteiger partial charge in [0, 0.05) is 24.1 Å². The zero-order valence-electron chi connectivity index (χ0n) is 15.2. The summed E-state index contributed by atoms with van der Waals surface area (Å²) >= 11 is 0. The van der Waals surface area contributed by atoms with Crippen molar-refractivity contribution in [2.75, 3.05) is 13.2 Å². The number of aldehydes is 1. The van der Waals surface area contributed by atoms with E-state index in [0.717, 1.165) is 5.39 Å². The summed E-state index contributed by atoms with van der Waals surface area (Å²) < 4.78 is 12.0. The lowest BCUT2D eigenvalue weighted by Gasteiger charge is -2.19. The summed E-state index contributed by atoms with van der Waals surface area (Å²) in [6.07, 6.45) is 0.743. The number of alkyl carbamates (subject to hydrolysis) is 1. The number of carbonyl (C=O) groups is 2. The van der Waals surface area contributed by atoms with Gasteiger partial charge >= 0.3 is 6.09 Å². The number of rotatable bonds is 7. The molecule has 1 N–H and O–H groups in total. The van der Waals surface area contributed by atoms with E-state index in [9.17, 15) is 14.4 Å². The maximum absolute atomic E-state index is 11.9. The number of aromatic nitrogens is 2. The zero-order chi connectivity index (χ0) is 19.2. The molecule has 8 nitrogen and oxygen atoms in total. The summed E-state index contributed by atoms with van der Waals surface area (Å²) in [7, 11) is 0. The molecule has 0 saturated heterocycles. The lowest BCUT2D eigenvalue weighted by atomic mass is 10.2. The van der Waals surface area contributed by atoms with Crippen LogP contribution in [0.1, 0.15) is 27.2 Å². The van der Waals surface area contributed by atoms with Crippen molar-refractivity contribution in [1.29, 1.82) is 0 Å². The largest absolute Gasteiger partial charge is 0.478 e. The average molecular weight is 361 g/mol. The average Bonchev–Trinajstić information content (AvgIpc) is 2.55. The number of pyridine rings is 2. The van der Waals surface area contributed by atoms with Gasteiger partial charge in [0.2, 0.25) is 5.88 Å². The van der Waals surface area contributed by atoms with E-state index in [0.29, 0.717) is 37.4 Å². The quantitative estimate of drug-likeness (QED) is 0.597. The van der Waals surface area contributed by atoms with Gasteiger partial charge in [-0.25, -0.2) is 4.79 Å². The fraction of sp³-hybridized carbons (Fsp3) is 0.444. The molecule has 2 aromatic heterocycles. The predicted molar refractivity (Wildman–Crippen MR) is 96.4 cm³/mol. The molecule has 26 heavy (non-hydrogen) atoms. The SMILES string of the molecule is CC(C)(C)OC(=O)NCCCOc1ccc2ccc(=O)n(CC=O)c2n1. The number of carbonyl (C=O) groups excluding carboxylic acids is 2. The van der Waals surface area contributed by atoms with Gasteiger partial charge in [-0.1, -0.05) is 0 Å². The topological polar surface area (TPSA) is 99.5 Å². The molecule has 2 heterocycles. The minimum atomic E-state index is -0.535. The number of nitrogens with one attached hydrogen (secondary N) is 1. The fourth-order valence-electron chi connectivity index (χ4n) is 2.23. The standard InChI is InChI=1S/C18H23N3O5/c1-18(2,3)26-17(24)19-9-4-12-25-14-7-5-13-6-8-15(23)21(10-11-22)16(13)20-14/h5-8,11H,4,9-10,12H2,1-3H3,(H,19,24). The summed E-state index contributed by atoms with van der Waals surface area (Å²) in [5.41, 5.74) is -0.433. The molecule has 0 radical (unpaired) electrons. The van der Waals surface area contributed by atoms with Crippen LogP contribution in [0.5, 0.6) is 5.88 Å². The lowest BCUT2D eigenvalue weighted by Crippen LogP contribution is -2.33. The van der Waals surface area contributed by atoms with Crippen molar-refractivity contribution < 1.29 is 19.1 Å². The first kappa shape index (κ1) is 19.4. The molecule has 8 heteroatoms. The van der Waals surface area contributed by atoms with Crippen molar-refractivity contribution in [2.45, 2.75) is 39.3 Å². The van der Waals surface area contributed by atoms with Gasteiger partial charge in [0.25, 0.3) is 5.56 Å². The molecule has 0 fully saturated rings. The van der Waals surface area contributed by atoms with Crippen molar-refractivity contribution in [1.82, 2.24) is 14.9 Å². The van der Waals surface area contributed by atoms with Crippen LogP contribution in [-0.2, 0) is 16.1 Å². The maximum Gasteiger partial charge on any atom is 0.407 e. The summed E-state index contributed by atoms with van der Waals surface area (Å²) in [6, 6.07) is 6.52. The summed E-state index contributed by atoms with van der Waals surface area (Å²) in [4.78, 5) is 38.5. The molecule has 0 aliphatic rings. The van der Waals surface area contributed by atoms with Crippen molar-refractivity contribution in [2.24, 2.45) is 0 Å². The monoisotopic (exact) mass is 361 g/mol. The molecule has 2 rings (SSSR count). The Bertz CT molecular complexity index is 839. The number of amides is 1. The number of hydrogen-bond donors (Lipinski definition) is 1. The van der Waals surface area contributed by atoms with Gasteiger partial charge in [0.05, 0.1) is 13.2 Å². The molecule has 2 aromatic rings. The number of hydrogen-bond acceptors (Lipinski definition) is 6. The van der Waals surface area contributed by atoms with Gasteiger partial charge in [-0.05, 0) is 39.3 Å². The third-order valence-corrected chi connectivity index (χ3v) is 3.30. The lowest BCUT2D eigenvalue weighted by molar-refractivity contribution is -0.108. The molecule has 0 saturated carbocycles. The van der Waals surface area contributed by atoms with E-state index in [4.69, 9.17) is 9.47 Å². The van der Waals surface area contributed by atoms with Crippen molar-refractivity contribution in [3.63, 3.8) is 0 Å². The Morgan fingerprint density at radius 1 is 1.27 bits per heavy atom. The molecule has 0 aromatic carbocycles. The van der Waals surface area contributed by atoms with E-state index in [-0.39, 0.29) is 12.1 Å². The van der Waals surface area contributed by atoms with Gasteiger partial charge in [0.1, 0.15) is 17.5 Å². The van der Waals surface area contributed by atoms with Gasteiger partial charge in [-0.2, -0.15) is 4.98 Å². The summed E-state index contributed by atoms with van der Waals surface area (Å²) in [5, 5.41) is 3.38. The van der Waals surface area contributed by atoms with E-state index in [1.807, 2.05) is 0 Å². The van der Waals surface area contributed by atoms with Crippen LogP contribution in [-0.4, -0.2) is 40.7 Å². The Balaban J connectivity index is 1.91. The molecule has 0 atom stereocenters. The van der Waals surface area contributed by atoms with Crippen molar-refractivity contribution in [3.8, 4) is 5.88 Å². The highest BCUT2D eigenvalue weighted by atomic mass is 16.6. The first-order valence-corrected chi connectivity index (χ1v) is 8.34. The molecule has 140 valence electrons. The van der Waals surface area contributed by atoms with Gasteiger partial charge in [0.15, 0.2) is 0 Å². The van der Waals surface area contributed by atoms with E-state index in [1.54, 1.807) is 39.0 Å². The van der Waals surface area contributed by atoms with Gasteiger partial charge in [-0.15, -0.1) is 0 Å². The van der Waals surface area contributed by atoms with Crippen LogP contribution in [0.2, 0.25) is 0 Å². The van der Waals surface area contributed by atoms with Crippen molar-refractivity contribution in [3.05, 3.63) is 34.6 Å². The molecule has 0 aliphatic heterocycles. The van der Waals surface area contributed by atoms with Crippen LogP contribution in [0.4, 0.5) is 4.79 Å². The van der Waals surface area contributed by atoms with E-state index < -0.39 is 11.7 Å². The molecule has 0 spiro atoms. The first-order chi connectivity index (χ1) is 12.3. The van der Waals surface area contributed by atoms with Crippen LogP contribution >= 0.6 is 0 Å². The molecule has 0 aliphatic carbocycles. The maximum atomic E-state index is 11.9. The smallest absolute Gasteiger partial charge is 0.407 e. The second-order valence-corrected chi connectivity index (χ2v) is 6.64. The highest BCUT2D eigenvalue weighted by Gasteiger charge is 2.15. The van der Waals surface area contributed by atoms with Crippen molar-refractivity contribution >= 4 is 23.4 Å². The third-order valence-electron chi connectivity index (χ3n) is 3.30. The van der Waals surface area contributed by atoms with Crippen LogP contribution in [0.15, 0.2) is 29.1 Å². The number of nitrogens with zero attached hydrogens (tertiary/aromatic N) is 2. The highest BCUT2D eigenvalue weighted by Crippen LogP contribution is 2.15. The van der Waals surface area contributed by atoms with Crippen LogP contribution in [0.25, 0.3) is 11.0 Å². The Labute approximate surface area is 151 Å². The Kier molecular flexibility index (Phi) is 6.32. The first-order valence-electron chi connectivity index (χ1n) is 8.34. The third kappa shape index (κ3) is 5.58. The predicted octanol–water partition coefficient (Wildman–Crippen LogP) is 1.89. The zero-order valence-corrected chi connectivity index (χ0v) is 15.2. The van der Waals surface area contributed by atoms with Gasteiger partial charge in [-0.3, -0.25) is 9.36 Å². The summed E-state index contributed by atoms with van der Waals surface area (Å²) in [5.74, 6) is 0.347. The Morgan fingerprint density at radius 3 is 2.69 bits per heavy atom. The molecule has 0 bridgehead atoms. The number of ether oxygens (including phenoxy) is 2. The van der Waals surface area contributed by atoms with Crippen LogP contribution in [0.3, 0.4) is 0 Å². The van der Waals surface area contributed by atoms with E-state index in [2.05, 4.69) is 10.3 Å². The highest BCUT2D eigenvalue weighted by molar-refractivity contribution is 5.76. The summed E-state index contributed by atoms with van der Waals surface area (Å²) in [6.45, 7) is 6.06. The fourth-order valence-corrected chi connectivity index (χ4v) is 2.23. The Hall–Kier alpha value is -2.90. The minimum Gasteiger partial charge on any atom is -0.478 e. The Morgan fingerprint density at radius 2 is 2.00 bits per heavy atom. The van der Waals surface area contributed by atoms with Crippen LogP contribution in [0, 0.1) is 0 Å². The molecule has 0 unspecified atom stereocenters. The second kappa shape index (κ2) is 8.46. The molecular weight excluding hydrogens is 338 g/mol. The van der Waals surface area contributed by atoms with Gasteiger partial charge < -0.3 is 19.6 Å². The minimum absolute atomic E-state index is 0.0631. The molecular formula is C18H23N3O5. The normalized spacial score (nSPS) is 11.2. The second-order valence-electron chi connectivity index (χ2n) is 6.64. The molecule has 1 amide bonds. The van der Waals surface area contributed by atoms with E-state index >= 15 is 0 Å². The van der Waals surface area contributed by atoms with E-state index in [1.165, 1.54) is 10.6 Å². The van der Waals surface area contributed by atoms with Crippen LogP contribution < -0.4 is 15.6 Å². The number of fused-ring (bicyclic) bond motifs is 1.